The van der Waals surface area contributed by atoms with Crippen molar-refractivity contribution in [3.63, 3.8) is 0 Å². The van der Waals surface area contributed by atoms with Crippen LogP contribution in [0.2, 0.25) is 0 Å². The van der Waals surface area contributed by atoms with Crippen molar-refractivity contribution in [2.75, 3.05) is 7.11 Å². The Morgan fingerprint density at radius 1 is 0.682 bits per heavy atom. The van der Waals surface area contributed by atoms with Crippen LogP contribution in [0, 0.1) is 0 Å². The number of hydrogen-bond acceptors (Lipinski definition) is 2. The SMILES string of the molecule is CO[SiH](c1ccccc1)c1ccccc1Oc1ccccc1. The Bertz CT molecular complexity index is 714. The Balaban J connectivity index is 1.96. The van der Waals surface area contributed by atoms with Crippen molar-refractivity contribution in [1.82, 2.24) is 0 Å². The summed E-state index contributed by atoms with van der Waals surface area (Å²) in [6.45, 7) is 0. The topological polar surface area (TPSA) is 18.5 Å². The van der Waals surface area contributed by atoms with E-state index in [1.807, 2.05) is 54.6 Å². The van der Waals surface area contributed by atoms with Gasteiger partial charge >= 0.3 is 0 Å². The van der Waals surface area contributed by atoms with Crippen molar-refractivity contribution in [2.45, 2.75) is 0 Å². The van der Waals surface area contributed by atoms with Gasteiger partial charge in [-0.15, -0.1) is 0 Å². The minimum atomic E-state index is -1.74. The van der Waals surface area contributed by atoms with Gasteiger partial charge < -0.3 is 9.16 Å². The number of rotatable bonds is 5. The number of hydrogen-bond donors (Lipinski definition) is 0. The van der Waals surface area contributed by atoms with Crippen molar-refractivity contribution in [3.05, 3.63) is 84.9 Å². The van der Waals surface area contributed by atoms with Crippen LogP contribution in [0.25, 0.3) is 0 Å². The second kappa shape index (κ2) is 7.07. The molecule has 3 aromatic rings. The van der Waals surface area contributed by atoms with Crippen LogP contribution >= 0.6 is 0 Å². The third kappa shape index (κ3) is 3.27. The van der Waals surface area contributed by atoms with Crippen LogP contribution in [0.5, 0.6) is 11.5 Å². The van der Waals surface area contributed by atoms with E-state index in [0.717, 1.165) is 16.7 Å². The van der Waals surface area contributed by atoms with Gasteiger partial charge in [-0.05, 0) is 23.4 Å². The van der Waals surface area contributed by atoms with E-state index in [9.17, 15) is 0 Å². The van der Waals surface area contributed by atoms with Gasteiger partial charge in [-0.3, -0.25) is 0 Å². The fourth-order valence-electron chi connectivity index (χ4n) is 2.48. The Kier molecular flexibility index (Phi) is 4.68. The zero-order valence-electron chi connectivity index (χ0n) is 12.5. The maximum absolute atomic E-state index is 6.07. The molecule has 3 heteroatoms. The standard InChI is InChI=1S/C19H18O2Si/c1-20-22(17-12-6-3-7-13-17)19-15-9-8-14-18(19)21-16-10-4-2-5-11-16/h2-15,22H,1H3. The predicted octanol–water partition coefficient (Wildman–Crippen LogP) is 2.96. The Hall–Kier alpha value is -2.36. The first-order valence-corrected chi connectivity index (χ1v) is 8.90. The molecule has 2 nitrogen and oxygen atoms in total. The molecule has 0 N–H and O–H groups in total. The maximum Gasteiger partial charge on any atom is 0.243 e. The minimum absolute atomic E-state index is 0.840. The molecule has 0 bridgehead atoms. The summed E-state index contributed by atoms with van der Waals surface area (Å²) >= 11 is 0. The van der Waals surface area contributed by atoms with E-state index in [0.29, 0.717) is 0 Å². The van der Waals surface area contributed by atoms with Crippen LogP contribution in [-0.2, 0) is 4.43 Å². The highest BCUT2D eigenvalue weighted by Crippen LogP contribution is 2.19. The van der Waals surface area contributed by atoms with E-state index in [1.54, 1.807) is 7.11 Å². The van der Waals surface area contributed by atoms with Crippen LogP contribution in [-0.4, -0.2) is 16.2 Å². The molecule has 0 saturated heterocycles. The molecule has 22 heavy (non-hydrogen) atoms. The van der Waals surface area contributed by atoms with E-state index in [-0.39, 0.29) is 0 Å². The Labute approximate surface area is 132 Å². The monoisotopic (exact) mass is 306 g/mol. The van der Waals surface area contributed by atoms with Gasteiger partial charge in [0, 0.05) is 12.3 Å². The van der Waals surface area contributed by atoms with E-state index < -0.39 is 9.04 Å². The summed E-state index contributed by atoms with van der Waals surface area (Å²) in [6, 6.07) is 28.4. The summed E-state index contributed by atoms with van der Waals surface area (Å²) in [5.74, 6) is 1.71. The molecule has 3 aromatic carbocycles. The van der Waals surface area contributed by atoms with Gasteiger partial charge in [-0.1, -0.05) is 66.7 Å². The molecule has 0 aliphatic carbocycles. The highest BCUT2D eigenvalue weighted by Gasteiger charge is 2.20. The van der Waals surface area contributed by atoms with E-state index in [4.69, 9.17) is 9.16 Å². The van der Waals surface area contributed by atoms with Gasteiger partial charge in [0.05, 0.1) is 0 Å². The summed E-state index contributed by atoms with van der Waals surface area (Å²) in [6.07, 6.45) is 0. The van der Waals surface area contributed by atoms with Crippen molar-refractivity contribution < 1.29 is 9.16 Å². The van der Waals surface area contributed by atoms with Crippen molar-refractivity contribution in [3.8, 4) is 11.5 Å². The first kappa shape index (κ1) is 14.6. The highest BCUT2D eigenvalue weighted by atomic mass is 28.3. The zero-order valence-corrected chi connectivity index (χ0v) is 13.6. The van der Waals surface area contributed by atoms with Gasteiger partial charge in [0.25, 0.3) is 0 Å². The molecule has 1 atom stereocenters. The molecule has 0 aromatic heterocycles. The molecule has 0 heterocycles. The van der Waals surface area contributed by atoms with Gasteiger partial charge in [-0.25, -0.2) is 0 Å². The molecule has 0 saturated carbocycles. The van der Waals surface area contributed by atoms with Crippen LogP contribution in [0.3, 0.4) is 0 Å². The number of para-hydroxylation sites is 2. The van der Waals surface area contributed by atoms with Crippen molar-refractivity contribution >= 4 is 19.4 Å². The predicted molar refractivity (Wildman–Crippen MR) is 92.8 cm³/mol. The summed E-state index contributed by atoms with van der Waals surface area (Å²) in [4.78, 5) is 0. The summed E-state index contributed by atoms with van der Waals surface area (Å²) in [5.41, 5.74) is 0. The fourth-order valence-corrected chi connectivity index (χ4v) is 4.63. The second-order valence-corrected chi connectivity index (χ2v) is 7.50. The van der Waals surface area contributed by atoms with Crippen molar-refractivity contribution in [1.29, 1.82) is 0 Å². The Morgan fingerprint density at radius 2 is 1.27 bits per heavy atom. The maximum atomic E-state index is 6.07. The minimum Gasteiger partial charge on any atom is -0.457 e. The first-order chi connectivity index (χ1) is 10.9. The molecule has 0 aliphatic heterocycles. The molecule has 110 valence electrons. The lowest BCUT2D eigenvalue weighted by molar-refractivity contribution is 0.435. The normalized spacial score (nSPS) is 11.9. The summed E-state index contributed by atoms with van der Waals surface area (Å²) in [7, 11) is 0.0458. The molecular weight excluding hydrogens is 288 g/mol. The molecular formula is C19H18O2Si. The van der Waals surface area contributed by atoms with Gasteiger partial charge in [0.1, 0.15) is 11.5 Å². The van der Waals surface area contributed by atoms with Gasteiger partial charge in [0.2, 0.25) is 9.04 Å². The average molecular weight is 306 g/mol. The Morgan fingerprint density at radius 3 is 1.95 bits per heavy atom. The fraction of sp³-hybridized carbons (Fsp3) is 0.0526. The lowest BCUT2D eigenvalue weighted by Crippen LogP contribution is -2.44. The van der Waals surface area contributed by atoms with E-state index in [1.165, 1.54) is 5.19 Å². The lowest BCUT2D eigenvalue weighted by atomic mass is 10.3. The number of ether oxygens (including phenoxy) is 1. The summed E-state index contributed by atoms with van der Waals surface area (Å²) in [5, 5.41) is 2.40. The largest absolute Gasteiger partial charge is 0.457 e. The molecule has 1 unspecified atom stereocenters. The van der Waals surface area contributed by atoms with Crippen LogP contribution in [0.1, 0.15) is 0 Å². The van der Waals surface area contributed by atoms with Gasteiger partial charge in [0.15, 0.2) is 0 Å². The lowest BCUT2D eigenvalue weighted by Gasteiger charge is -2.18. The van der Waals surface area contributed by atoms with Crippen molar-refractivity contribution in [2.24, 2.45) is 0 Å². The molecule has 0 fully saturated rings. The quantitative estimate of drug-likeness (QED) is 0.675. The smallest absolute Gasteiger partial charge is 0.243 e. The second-order valence-electron chi connectivity index (χ2n) is 4.98. The number of benzene rings is 3. The average Bonchev–Trinajstić information content (AvgIpc) is 2.59. The highest BCUT2D eigenvalue weighted by molar-refractivity contribution is 6.80. The molecule has 0 spiro atoms. The van der Waals surface area contributed by atoms with Crippen LogP contribution in [0.4, 0.5) is 0 Å². The third-order valence-corrected chi connectivity index (χ3v) is 6.01. The molecule has 0 amide bonds. The molecule has 3 rings (SSSR count). The first-order valence-electron chi connectivity index (χ1n) is 7.28. The van der Waals surface area contributed by atoms with E-state index in [2.05, 4.69) is 30.3 Å². The summed E-state index contributed by atoms with van der Waals surface area (Å²) < 4.78 is 11.9. The van der Waals surface area contributed by atoms with Crippen LogP contribution in [0.15, 0.2) is 84.9 Å². The van der Waals surface area contributed by atoms with E-state index >= 15 is 0 Å². The third-order valence-electron chi connectivity index (χ3n) is 3.51. The molecule has 0 aliphatic rings. The zero-order chi connectivity index (χ0) is 15.2. The molecule has 0 radical (unpaired) electrons. The van der Waals surface area contributed by atoms with Gasteiger partial charge in [-0.2, -0.15) is 0 Å². The van der Waals surface area contributed by atoms with Crippen LogP contribution < -0.4 is 15.1 Å².